The average molecular weight is 295 g/mol. The van der Waals surface area contributed by atoms with Gasteiger partial charge in [0.05, 0.1) is 12.1 Å². The molecule has 1 amide bonds. The summed E-state index contributed by atoms with van der Waals surface area (Å²) < 4.78 is 0. The molecule has 2 heterocycles. The van der Waals surface area contributed by atoms with E-state index in [9.17, 15) is 4.79 Å². The molecule has 0 spiro atoms. The van der Waals surface area contributed by atoms with Crippen LogP contribution in [0.25, 0.3) is 10.6 Å². The monoisotopic (exact) mass is 295 g/mol. The van der Waals surface area contributed by atoms with Gasteiger partial charge in [0.1, 0.15) is 5.01 Å². The topological polar surface area (TPSA) is 54.9 Å². The van der Waals surface area contributed by atoms with Crippen LogP contribution in [0.1, 0.15) is 5.69 Å². The number of carbonyl (C=O) groups excluding carboxylic acids is 1. The van der Waals surface area contributed by atoms with Crippen LogP contribution in [0.3, 0.4) is 0 Å². The Morgan fingerprint density at radius 1 is 1.10 bits per heavy atom. The van der Waals surface area contributed by atoms with Gasteiger partial charge in [-0.2, -0.15) is 0 Å². The molecule has 0 saturated heterocycles. The van der Waals surface area contributed by atoms with Gasteiger partial charge in [0, 0.05) is 29.0 Å². The van der Waals surface area contributed by atoms with E-state index in [2.05, 4.69) is 15.3 Å². The van der Waals surface area contributed by atoms with Crippen molar-refractivity contribution in [2.24, 2.45) is 0 Å². The summed E-state index contributed by atoms with van der Waals surface area (Å²) >= 11 is 1.55. The van der Waals surface area contributed by atoms with Gasteiger partial charge in [0.15, 0.2) is 0 Å². The van der Waals surface area contributed by atoms with Gasteiger partial charge in [-0.15, -0.1) is 11.3 Å². The number of amides is 1. The van der Waals surface area contributed by atoms with E-state index in [4.69, 9.17) is 0 Å². The second-order valence-corrected chi connectivity index (χ2v) is 5.33. The number of thiazole rings is 1. The van der Waals surface area contributed by atoms with Gasteiger partial charge in [-0.3, -0.25) is 9.78 Å². The third kappa shape index (κ3) is 3.52. The quantitative estimate of drug-likeness (QED) is 0.802. The molecule has 4 nitrogen and oxygen atoms in total. The van der Waals surface area contributed by atoms with Crippen molar-refractivity contribution >= 4 is 22.9 Å². The number of nitrogens with zero attached hydrogens (tertiary/aromatic N) is 2. The zero-order valence-electron chi connectivity index (χ0n) is 11.2. The summed E-state index contributed by atoms with van der Waals surface area (Å²) in [4.78, 5) is 20.4. The van der Waals surface area contributed by atoms with Crippen molar-refractivity contribution in [1.29, 1.82) is 0 Å². The van der Waals surface area contributed by atoms with Crippen molar-refractivity contribution in [2.75, 3.05) is 5.32 Å². The van der Waals surface area contributed by atoms with Gasteiger partial charge in [-0.25, -0.2) is 4.98 Å². The first kappa shape index (κ1) is 13.5. The van der Waals surface area contributed by atoms with Crippen molar-refractivity contribution in [1.82, 2.24) is 9.97 Å². The molecule has 0 atom stereocenters. The molecule has 1 aromatic carbocycles. The second-order valence-electron chi connectivity index (χ2n) is 4.47. The Bertz CT molecular complexity index is 726. The summed E-state index contributed by atoms with van der Waals surface area (Å²) in [6, 6.07) is 13.5. The smallest absolute Gasteiger partial charge is 0.230 e. The summed E-state index contributed by atoms with van der Waals surface area (Å²) in [5.41, 5.74) is 2.60. The third-order valence-electron chi connectivity index (χ3n) is 2.88. The van der Waals surface area contributed by atoms with Gasteiger partial charge in [0.25, 0.3) is 0 Å². The first-order valence-corrected chi connectivity index (χ1v) is 7.39. The minimum absolute atomic E-state index is 0.0777. The van der Waals surface area contributed by atoms with Crippen molar-refractivity contribution in [3.63, 3.8) is 0 Å². The molecule has 0 saturated carbocycles. The minimum Gasteiger partial charge on any atom is -0.326 e. The predicted molar refractivity (Wildman–Crippen MR) is 84.1 cm³/mol. The van der Waals surface area contributed by atoms with Crippen molar-refractivity contribution in [2.45, 2.75) is 6.42 Å². The van der Waals surface area contributed by atoms with Gasteiger partial charge in [0.2, 0.25) is 5.91 Å². The van der Waals surface area contributed by atoms with Crippen molar-refractivity contribution < 1.29 is 4.79 Å². The maximum Gasteiger partial charge on any atom is 0.230 e. The molecule has 0 aliphatic rings. The highest BCUT2D eigenvalue weighted by Gasteiger charge is 2.09. The van der Waals surface area contributed by atoms with Crippen LogP contribution in [0.5, 0.6) is 0 Å². The molecule has 1 N–H and O–H groups in total. The standard InChI is InChI=1S/C16H13N3OS/c20-15(18-13-6-8-17-9-7-13)10-14-11-21-16(19-14)12-4-2-1-3-5-12/h1-9,11H,10H2,(H,17,18,20). The van der Waals surface area contributed by atoms with Crippen molar-refractivity contribution in [3.05, 3.63) is 65.9 Å². The molecule has 0 radical (unpaired) electrons. The molecule has 5 heteroatoms. The Morgan fingerprint density at radius 2 is 1.86 bits per heavy atom. The average Bonchev–Trinajstić information content (AvgIpc) is 2.97. The van der Waals surface area contributed by atoms with E-state index < -0.39 is 0 Å². The molecule has 0 unspecified atom stereocenters. The van der Waals surface area contributed by atoms with Crippen LogP contribution in [0, 0.1) is 0 Å². The molecule has 21 heavy (non-hydrogen) atoms. The number of carbonyl (C=O) groups is 1. The Labute approximate surface area is 126 Å². The van der Waals surface area contributed by atoms with Crippen molar-refractivity contribution in [3.8, 4) is 10.6 Å². The van der Waals surface area contributed by atoms with Crippen LogP contribution in [0.4, 0.5) is 5.69 Å². The van der Waals surface area contributed by atoms with Gasteiger partial charge in [-0.1, -0.05) is 30.3 Å². The Morgan fingerprint density at radius 3 is 2.62 bits per heavy atom. The minimum atomic E-state index is -0.0777. The molecule has 2 aromatic heterocycles. The largest absolute Gasteiger partial charge is 0.326 e. The molecular formula is C16H13N3OS. The summed E-state index contributed by atoms with van der Waals surface area (Å²) in [5, 5.41) is 5.68. The number of hydrogen-bond acceptors (Lipinski definition) is 4. The Balaban J connectivity index is 1.66. The van der Waals surface area contributed by atoms with Crippen LogP contribution >= 0.6 is 11.3 Å². The summed E-state index contributed by atoms with van der Waals surface area (Å²) in [6.45, 7) is 0. The second kappa shape index (κ2) is 6.28. The van der Waals surface area contributed by atoms with E-state index in [1.54, 1.807) is 35.9 Å². The predicted octanol–water partition coefficient (Wildman–Crippen LogP) is 3.39. The van der Waals surface area contributed by atoms with E-state index in [1.165, 1.54) is 0 Å². The highest BCUT2D eigenvalue weighted by Crippen LogP contribution is 2.23. The summed E-state index contributed by atoms with van der Waals surface area (Å²) in [7, 11) is 0. The van der Waals surface area contributed by atoms with Crippen LogP contribution in [-0.4, -0.2) is 15.9 Å². The van der Waals surface area contributed by atoms with E-state index in [-0.39, 0.29) is 12.3 Å². The number of hydrogen-bond donors (Lipinski definition) is 1. The lowest BCUT2D eigenvalue weighted by Crippen LogP contribution is -2.14. The number of rotatable bonds is 4. The van der Waals surface area contributed by atoms with E-state index >= 15 is 0 Å². The number of anilines is 1. The van der Waals surface area contributed by atoms with Crippen LogP contribution in [0.15, 0.2) is 60.2 Å². The number of aromatic nitrogens is 2. The lowest BCUT2D eigenvalue weighted by atomic mass is 10.2. The Kier molecular flexibility index (Phi) is 4.02. The lowest BCUT2D eigenvalue weighted by molar-refractivity contribution is -0.115. The summed E-state index contributed by atoms with van der Waals surface area (Å²) in [5.74, 6) is -0.0777. The molecule has 3 rings (SSSR count). The zero-order valence-corrected chi connectivity index (χ0v) is 12.0. The maximum absolute atomic E-state index is 12.0. The lowest BCUT2D eigenvalue weighted by Gasteiger charge is -2.02. The molecule has 0 fully saturated rings. The first-order chi connectivity index (χ1) is 10.3. The van der Waals surface area contributed by atoms with E-state index in [0.29, 0.717) is 0 Å². The fraction of sp³-hybridized carbons (Fsp3) is 0.0625. The number of benzene rings is 1. The normalized spacial score (nSPS) is 10.3. The fourth-order valence-corrected chi connectivity index (χ4v) is 2.73. The van der Waals surface area contributed by atoms with Gasteiger partial charge in [-0.05, 0) is 12.1 Å². The van der Waals surface area contributed by atoms with E-state index in [1.807, 2.05) is 35.7 Å². The highest BCUT2D eigenvalue weighted by molar-refractivity contribution is 7.13. The first-order valence-electron chi connectivity index (χ1n) is 6.51. The summed E-state index contributed by atoms with van der Waals surface area (Å²) in [6.07, 6.45) is 3.56. The Hall–Kier alpha value is -2.53. The van der Waals surface area contributed by atoms with Crippen LogP contribution in [0.2, 0.25) is 0 Å². The molecule has 0 aliphatic carbocycles. The molecule has 0 bridgehead atoms. The molecule has 3 aromatic rings. The number of nitrogens with one attached hydrogen (secondary N) is 1. The van der Waals surface area contributed by atoms with Crippen LogP contribution < -0.4 is 5.32 Å². The fourth-order valence-electron chi connectivity index (χ4n) is 1.91. The zero-order chi connectivity index (χ0) is 14.5. The SMILES string of the molecule is O=C(Cc1csc(-c2ccccc2)n1)Nc1ccncc1. The molecule has 104 valence electrons. The molecule has 0 aliphatic heterocycles. The van der Waals surface area contributed by atoms with E-state index in [0.717, 1.165) is 22.0 Å². The van der Waals surface area contributed by atoms with Gasteiger partial charge >= 0.3 is 0 Å². The highest BCUT2D eigenvalue weighted by atomic mass is 32.1. The maximum atomic E-state index is 12.0. The number of pyridine rings is 1. The van der Waals surface area contributed by atoms with Gasteiger partial charge < -0.3 is 5.32 Å². The third-order valence-corrected chi connectivity index (χ3v) is 3.82. The van der Waals surface area contributed by atoms with Crippen LogP contribution in [-0.2, 0) is 11.2 Å². The molecular weight excluding hydrogens is 282 g/mol.